The second-order valence-corrected chi connectivity index (χ2v) is 9.77. The van der Waals surface area contributed by atoms with Crippen LogP contribution in [0, 0.1) is 0 Å². The van der Waals surface area contributed by atoms with Crippen LogP contribution in [-0.4, -0.2) is 4.98 Å². The number of aromatic nitrogens is 1. The molecule has 0 radical (unpaired) electrons. The van der Waals surface area contributed by atoms with E-state index in [2.05, 4.69) is 143 Å². The van der Waals surface area contributed by atoms with E-state index >= 15 is 0 Å². The first-order chi connectivity index (χ1) is 20.8. The lowest BCUT2D eigenvalue weighted by Crippen LogP contribution is -2.11. The Labute approximate surface area is 248 Å². The second kappa shape index (κ2) is 13.1. The molecule has 1 aromatic heterocycles. The van der Waals surface area contributed by atoms with Gasteiger partial charge in [-0.15, -0.1) is 0 Å². The van der Waals surface area contributed by atoms with E-state index in [1.807, 2.05) is 54.7 Å². The van der Waals surface area contributed by atoms with Gasteiger partial charge >= 0.3 is 0 Å². The summed E-state index contributed by atoms with van der Waals surface area (Å²) in [5.74, 6) is 0.875. The highest BCUT2D eigenvalue weighted by atomic mass is 15.2. The Morgan fingerprint density at radius 1 is 0.357 bits per heavy atom. The van der Waals surface area contributed by atoms with Crippen molar-refractivity contribution in [2.45, 2.75) is 0 Å². The van der Waals surface area contributed by atoms with Crippen molar-refractivity contribution in [1.29, 1.82) is 0 Å². The average Bonchev–Trinajstić information content (AvgIpc) is 3.07. The average molecular weight is 542 g/mol. The van der Waals surface area contributed by atoms with Crippen LogP contribution in [0.4, 0.5) is 34.3 Å². The van der Waals surface area contributed by atoms with Crippen molar-refractivity contribution in [3.05, 3.63) is 187 Å². The lowest BCUT2D eigenvalue weighted by atomic mass is 10.1. The molecule has 202 valence electrons. The smallest absolute Gasteiger partial charge is 0.137 e. The van der Waals surface area contributed by atoms with Gasteiger partial charge in [0, 0.05) is 34.6 Å². The molecule has 0 unspecified atom stereocenters. The molecular formula is C39H31N3. The molecule has 0 spiro atoms. The topological polar surface area (TPSA) is 19.4 Å². The lowest BCUT2D eigenvalue weighted by Gasteiger charge is -2.25. The van der Waals surface area contributed by atoms with Crippen LogP contribution in [-0.2, 0) is 0 Å². The van der Waals surface area contributed by atoms with E-state index in [9.17, 15) is 0 Å². The number of pyridine rings is 1. The zero-order chi connectivity index (χ0) is 28.4. The molecule has 0 saturated carbocycles. The molecule has 0 saturated heterocycles. The minimum atomic E-state index is 0.875. The number of anilines is 6. The Balaban J connectivity index is 1.15. The highest BCUT2D eigenvalue weighted by Gasteiger charge is 2.13. The van der Waals surface area contributed by atoms with Crippen LogP contribution in [0.15, 0.2) is 176 Å². The van der Waals surface area contributed by atoms with Crippen LogP contribution < -0.4 is 9.80 Å². The third-order valence-corrected chi connectivity index (χ3v) is 6.90. The zero-order valence-corrected chi connectivity index (χ0v) is 23.2. The first-order valence-electron chi connectivity index (χ1n) is 14.1. The van der Waals surface area contributed by atoms with E-state index < -0.39 is 0 Å². The van der Waals surface area contributed by atoms with Crippen LogP contribution in [0.3, 0.4) is 0 Å². The molecular weight excluding hydrogens is 510 g/mol. The number of hydrogen-bond acceptors (Lipinski definition) is 3. The van der Waals surface area contributed by atoms with Gasteiger partial charge in [0.25, 0.3) is 0 Å². The van der Waals surface area contributed by atoms with Gasteiger partial charge < -0.3 is 4.90 Å². The molecule has 0 fully saturated rings. The van der Waals surface area contributed by atoms with Crippen molar-refractivity contribution in [2.75, 3.05) is 9.80 Å². The maximum absolute atomic E-state index is 4.79. The zero-order valence-electron chi connectivity index (χ0n) is 23.2. The highest BCUT2D eigenvalue weighted by Crippen LogP contribution is 2.35. The van der Waals surface area contributed by atoms with E-state index in [4.69, 9.17) is 4.98 Å². The predicted molar refractivity (Wildman–Crippen MR) is 178 cm³/mol. The minimum absolute atomic E-state index is 0.875. The molecule has 0 aliphatic carbocycles. The quantitative estimate of drug-likeness (QED) is 0.170. The van der Waals surface area contributed by atoms with Crippen LogP contribution in [0.25, 0.3) is 12.2 Å². The first-order valence-corrected chi connectivity index (χ1v) is 14.1. The maximum atomic E-state index is 4.79. The molecule has 6 rings (SSSR count). The highest BCUT2D eigenvalue weighted by molar-refractivity contribution is 5.77. The number of hydrogen-bond donors (Lipinski definition) is 0. The van der Waals surface area contributed by atoms with Crippen LogP contribution in [0.5, 0.6) is 0 Å². The van der Waals surface area contributed by atoms with Gasteiger partial charge in [0.1, 0.15) is 5.82 Å². The van der Waals surface area contributed by atoms with Gasteiger partial charge in [0.15, 0.2) is 0 Å². The molecule has 0 atom stereocenters. The van der Waals surface area contributed by atoms with Gasteiger partial charge in [0.05, 0.1) is 0 Å². The summed E-state index contributed by atoms with van der Waals surface area (Å²) < 4.78 is 0. The Hall–Kier alpha value is -5.67. The van der Waals surface area contributed by atoms with Crippen molar-refractivity contribution in [2.24, 2.45) is 0 Å². The predicted octanol–water partition coefficient (Wildman–Crippen LogP) is 10.7. The van der Waals surface area contributed by atoms with Gasteiger partial charge in [-0.3, -0.25) is 4.90 Å². The summed E-state index contributed by atoms with van der Waals surface area (Å²) in [5, 5.41) is 0. The van der Waals surface area contributed by atoms with Crippen molar-refractivity contribution < 1.29 is 0 Å². The summed E-state index contributed by atoms with van der Waals surface area (Å²) in [6.45, 7) is 0. The fourth-order valence-corrected chi connectivity index (χ4v) is 4.87. The third kappa shape index (κ3) is 6.38. The SMILES string of the molecule is C(C=Cc1ccc(N(c2ccccc2)c2ccccc2)nc1)=Cc1ccc(N(c2ccccc2)c2ccccc2)cc1. The van der Waals surface area contributed by atoms with Gasteiger partial charge in [-0.25, -0.2) is 4.98 Å². The molecule has 0 aliphatic rings. The normalized spacial score (nSPS) is 11.1. The third-order valence-electron chi connectivity index (χ3n) is 6.90. The largest absolute Gasteiger partial charge is 0.311 e. The molecule has 0 amide bonds. The molecule has 0 bridgehead atoms. The van der Waals surface area contributed by atoms with E-state index in [0.717, 1.165) is 45.4 Å². The Kier molecular flexibility index (Phi) is 8.29. The lowest BCUT2D eigenvalue weighted by molar-refractivity contribution is 1.18. The fourth-order valence-electron chi connectivity index (χ4n) is 4.87. The van der Waals surface area contributed by atoms with Crippen molar-refractivity contribution in [1.82, 2.24) is 4.98 Å². The first kappa shape index (κ1) is 26.5. The standard InChI is InChI=1S/C39H31N3/c1-5-17-34(18-6-1)41(35-19-7-2-8-20-35)38-28-25-32(26-29-38)15-13-14-16-33-27-30-39(40-31-33)42(36-21-9-3-10-22-36)37-23-11-4-12-24-37/h1-31H. The summed E-state index contributed by atoms with van der Waals surface area (Å²) in [4.78, 5) is 9.22. The second-order valence-electron chi connectivity index (χ2n) is 9.77. The minimum Gasteiger partial charge on any atom is -0.311 e. The van der Waals surface area contributed by atoms with Gasteiger partial charge in [-0.1, -0.05) is 109 Å². The van der Waals surface area contributed by atoms with E-state index in [-0.39, 0.29) is 0 Å². The van der Waals surface area contributed by atoms with Crippen molar-refractivity contribution >= 4 is 46.4 Å². The van der Waals surface area contributed by atoms with Gasteiger partial charge in [-0.2, -0.15) is 0 Å². The molecule has 6 aromatic rings. The summed E-state index contributed by atoms with van der Waals surface area (Å²) >= 11 is 0. The molecule has 3 heteroatoms. The summed E-state index contributed by atoms with van der Waals surface area (Å²) in [6.07, 6.45) is 10.2. The van der Waals surface area contributed by atoms with Crippen LogP contribution >= 0.6 is 0 Å². The molecule has 0 aliphatic heterocycles. The van der Waals surface area contributed by atoms with E-state index in [1.165, 1.54) is 0 Å². The summed E-state index contributed by atoms with van der Waals surface area (Å²) in [7, 11) is 0. The van der Waals surface area contributed by atoms with Gasteiger partial charge in [-0.05, 0) is 83.9 Å². The van der Waals surface area contributed by atoms with Crippen LogP contribution in [0.1, 0.15) is 11.1 Å². The van der Waals surface area contributed by atoms with Crippen molar-refractivity contribution in [3.63, 3.8) is 0 Å². The van der Waals surface area contributed by atoms with Crippen molar-refractivity contribution in [3.8, 4) is 0 Å². The van der Waals surface area contributed by atoms with Crippen LogP contribution in [0.2, 0.25) is 0 Å². The van der Waals surface area contributed by atoms with E-state index in [1.54, 1.807) is 0 Å². The molecule has 42 heavy (non-hydrogen) atoms. The molecule has 3 nitrogen and oxygen atoms in total. The number of benzene rings is 5. The molecule has 0 N–H and O–H groups in total. The molecule has 1 heterocycles. The van der Waals surface area contributed by atoms with Gasteiger partial charge in [0.2, 0.25) is 0 Å². The fraction of sp³-hybridized carbons (Fsp3) is 0. The Bertz CT molecular complexity index is 1520. The Morgan fingerprint density at radius 3 is 1.17 bits per heavy atom. The van der Waals surface area contributed by atoms with E-state index in [0.29, 0.717) is 0 Å². The number of nitrogens with zero attached hydrogens (tertiary/aromatic N) is 3. The number of rotatable bonds is 9. The summed E-state index contributed by atoms with van der Waals surface area (Å²) in [6, 6.07) is 54.3. The molecule has 5 aromatic carbocycles. The maximum Gasteiger partial charge on any atom is 0.137 e. The summed E-state index contributed by atoms with van der Waals surface area (Å²) in [5.41, 5.74) is 7.70. The number of allylic oxidation sites excluding steroid dienone is 2. The monoisotopic (exact) mass is 541 g/mol. The Morgan fingerprint density at radius 2 is 0.738 bits per heavy atom. The number of para-hydroxylation sites is 4.